The van der Waals surface area contributed by atoms with Gasteiger partial charge in [-0.1, -0.05) is 6.07 Å². The monoisotopic (exact) mass is 369 g/mol. The van der Waals surface area contributed by atoms with Crippen molar-refractivity contribution >= 4 is 17.6 Å². The van der Waals surface area contributed by atoms with Gasteiger partial charge in [0.2, 0.25) is 0 Å². The lowest BCUT2D eigenvalue weighted by Gasteiger charge is -2.35. The maximum Gasteiger partial charge on any atom is 0.272 e. The summed E-state index contributed by atoms with van der Waals surface area (Å²) in [5.41, 5.74) is 0.692. The minimum atomic E-state index is -0.247. The molecule has 1 aliphatic heterocycles. The molecule has 0 bridgehead atoms. The first kappa shape index (κ1) is 18.8. The Morgan fingerprint density at radius 2 is 1.93 bits per heavy atom. The van der Waals surface area contributed by atoms with Crippen molar-refractivity contribution in [1.82, 2.24) is 20.2 Å². The van der Waals surface area contributed by atoms with Crippen LogP contribution in [0.15, 0.2) is 42.7 Å². The van der Waals surface area contributed by atoms with Gasteiger partial charge in [0, 0.05) is 57.8 Å². The molecule has 2 aromatic rings. The average molecular weight is 369 g/mol. The second kappa shape index (κ2) is 9.09. The summed E-state index contributed by atoms with van der Waals surface area (Å²) in [4.78, 5) is 37.3. The molecule has 8 nitrogen and oxygen atoms in total. The molecule has 1 fully saturated rings. The highest BCUT2D eigenvalue weighted by atomic mass is 16.5. The van der Waals surface area contributed by atoms with Gasteiger partial charge in [0.25, 0.3) is 11.8 Å². The molecule has 2 aromatic heterocycles. The number of amides is 2. The number of piperazine rings is 1. The molecule has 1 saturated heterocycles. The van der Waals surface area contributed by atoms with Crippen LogP contribution in [0.25, 0.3) is 0 Å². The van der Waals surface area contributed by atoms with Gasteiger partial charge in [-0.3, -0.25) is 14.6 Å². The zero-order valence-electron chi connectivity index (χ0n) is 15.3. The number of carbonyl (C=O) groups is 2. The quantitative estimate of drug-likeness (QED) is 0.759. The van der Waals surface area contributed by atoms with E-state index in [1.807, 2.05) is 18.2 Å². The van der Waals surface area contributed by atoms with Gasteiger partial charge in [0.05, 0.1) is 6.61 Å². The van der Waals surface area contributed by atoms with Gasteiger partial charge in [-0.2, -0.15) is 0 Å². The molecule has 142 valence electrons. The Morgan fingerprint density at radius 3 is 2.63 bits per heavy atom. The first-order valence-corrected chi connectivity index (χ1v) is 8.87. The molecule has 27 heavy (non-hydrogen) atoms. The summed E-state index contributed by atoms with van der Waals surface area (Å²) in [6.45, 7) is 3.43. The molecule has 0 aromatic carbocycles. The summed E-state index contributed by atoms with van der Waals surface area (Å²) in [6.07, 6.45) is 3.25. The van der Waals surface area contributed by atoms with E-state index in [-0.39, 0.29) is 17.5 Å². The fourth-order valence-corrected chi connectivity index (χ4v) is 2.90. The molecule has 0 radical (unpaired) electrons. The average Bonchev–Trinajstić information content (AvgIpc) is 2.74. The van der Waals surface area contributed by atoms with Gasteiger partial charge in [0.15, 0.2) is 0 Å². The number of methoxy groups -OCH3 is 1. The molecule has 3 rings (SSSR count). The predicted molar refractivity (Wildman–Crippen MR) is 101 cm³/mol. The zero-order valence-corrected chi connectivity index (χ0v) is 15.3. The molecule has 0 spiro atoms. The molecule has 8 heteroatoms. The predicted octanol–water partition coefficient (Wildman–Crippen LogP) is 0.815. The Balaban J connectivity index is 1.60. The summed E-state index contributed by atoms with van der Waals surface area (Å²) < 4.78 is 4.91. The van der Waals surface area contributed by atoms with Gasteiger partial charge in [-0.25, -0.2) is 4.98 Å². The van der Waals surface area contributed by atoms with Crippen molar-refractivity contribution in [2.24, 2.45) is 0 Å². The van der Waals surface area contributed by atoms with Crippen molar-refractivity contribution in [1.29, 1.82) is 0 Å². The van der Waals surface area contributed by atoms with E-state index in [0.29, 0.717) is 44.9 Å². The number of pyridine rings is 2. The number of anilines is 1. The van der Waals surface area contributed by atoms with Crippen LogP contribution in [0.1, 0.15) is 20.8 Å². The fourth-order valence-electron chi connectivity index (χ4n) is 2.90. The normalized spacial score (nSPS) is 14.1. The van der Waals surface area contributed by atoms with Gasteiger partial charge >= 0.3 is 0 Å². The van der Waals surface area contributed by atoms with E-state index in [0.717, 1.165) is 5.82 Å². The van der Waals surface area contributed by atoms with Gasteiger partial charge in [0.1, 0.15) is 11.5 Å². The zero-order chi connectivity index (χ0) is 19.1. The minimum absolute atomic E-state index is 0.165. The Bertz CT molecular complexity index is 776. The van der Waals surface area contributed by atoms with Crippen LogP contribution in [0.2, 0.25) is 0 Å². The summed E-state index contributed by atoms with van der Waals surface area (Å²) in [5, 5.41) is 2.74. The van der Waals surface area contributed by atoms with E-state index >= 15 is 0 Å². The van der Waals surface area contributed by atoms with Crippen LogP contribution in [-0.4, -0.2) is 73.1 Å². The van der Waals surface area contributed by atoms with Crippen LogP contribution in [0.3, 0.4) is 0 Å². The maximum absolute atomic E-state index is 12.8. The molecule has 0 aliphatic carbocycles. The maximum atomic E-state index is 12.8. The van der Waals surface area contributed by atoms with Crippen LogP contribution in [0.4, 0.5) is 5.82 Å². The molecule has 0 atom stereocenters. The van der Waals surface area contributed by atoms with E-state index in [1.165, 1.54) is 12.3 Å². The summed E-state index contributed by atoms with van der Waals surface area (Å²) in [5.74, 6) is 0.503. The molecular weight excluding hydrogens is 346 g/mol. The largest absolute Gasteiger partial charge is 0.383 e. The number of ether oxygens (including phenoxy) is 1. The van der Waals surface area contributed by atoms with Gasteiger partial charge in [-0.15, -0.1) is 0 Å². The summed E-state index contributed by atoms with van der Waals surface area (Å²) in [6, 6.07) is 8.93. The van der Waals surface area contributed by atoms with Crippen molar-refractivity contribution in [3.63, 3.8) is 0 Å². The van der Waals surface area contributed by atoms with E-state index in [2.05, 4.69) is 20.2 Å². The Hall–Kier alpha value is -3.00. The number of carbonyl (C=O) groups excluding carboxylic acids is 2. The standard InChI is InChI=1S/C19H23N5O3/c1-27-13-8-22-18(25)15-5-7-20-16(14-15)19(26)24-11-9-23(10-12-24)17-4-2-3-6-21-17/h2-7,14H,8-13H2,1H3,(H,22,25). The van der Waals surface area contributed by atoms with Crippen molar-refractivity contribution < 1.29 is 14.3 Å². The third-order valence-corrected chi connectivity index (χ3v) is 4.37. The lowest BCUT2D eigenvalue weighted by Crippen LogP contribution is -2.49. The van der Waals surface area contributed by atoms with E-state index < -0.39 is 0 Å². The molecule has 0 unspecified atom stereocenters. The molecule has 3 heterocycles. The first-order chi connectivity index (χ1) is 13.2. The second-order valence-electron chi connectivity index (χ2n) is 6.15. The number of hydrogen-bond acceptors (Lipinski definition) is 6. The van der Waals surface area contributed by atoms with Crippen LogP contribution in [0, 0.1) is 0 Å². The second-order valence-corrected chi connectivity index (χ2v) is 6.15. The summed E-state index contributed by atoms with van der Waals surface area (Å²) >= 11 is 0. The molecule has 0 saturated carbocycles. The van der Waals surface area contributed by atoms with Crippen molar-refractivity contribution in [2.75, 3.05) is 51.3 Å². The molecule has 1 aliphatic rings. The number of nitrogens with zero attached hydrogens (tertiary/aromatic N) is 4. The van der Waals surface area contributed by atoms with Crippen LogP contribution in [0.5, 0.6) is 0 Å². The van der Waals surface area contributed by atoms with Crippen molar-refractivity contribution in [3.8, 4) is 0 Å². The highest BCUT2D eigenvalue weighted by molar-refractivity contribution is 5.98. The number of rotatable bonds is 6. The molecular formula is C19H23N5O3. The minimum Gasteiger partial charge on any atom is -0.383 e. The van der Waals surface area contributed by atoms with E-state index in [9.17, 15) is 9.59 Å². The van der Waals surface area contributed by atoms with E-state index in [4.69, 9.17) is 4.74 Å². The smallest absolute Gasteiger partial charge is 0.272 e. The Morgan fingerprint density at radius 1 is 1.11 bits per heavy atom. The lowest BCUT2D eigenvalue weighted by molar-refractivity contribution is 0.0740. The third-order valence-electron chi connectivity index (χ3n) is 4.37. The molecule has 1 N–H and O–H groups in total. The molecule has 2 amide bonds. The lowest BCUT2D eigenvalue weighted by atomic mass is 10.2. The number of nitrogens with one attached hydrogen (secondary N) is 1. The van der Waals surface area contributed by atoms with Crippen LogP contribution in [-0.2, 0) is 4.74 Å². The van der Waals surface area contributed by atoms with Gasteiger partial charge in [-0.05, 0) is 24.3 Å². The highest BCUT2D eigenvalue weighted by Gasteiger charge is 2.24. The third kappa shape index (κ3) is 4.79. The van der Waals surface area contributed by atoms with E-state index in [1.54, 1.807) is 24.3 Å². The van der Waals surface area contributed by atoms with Gasteiger partial charge < -0.3 is 19.9 Å². The Labute approximate surface area is 158 Å². The SMILES string of the molecule is COCCNC(=O)c1ccnc(C(=O)N2CCN(c3ccccn3)CC2)c1. The Kier molecular flexibility index (Phi) is 6.32. The fraction of sp³-hybridized carbons (Fsp3) is 0.368. The van der Waals surface area contributed by atoms with Crippen LogP contribution < -0.4 is 10.2 Å². The van der Waals surface area contributed by atoms with Crippen LogP contribution >= 0.6 is 0 Å². The van der Waals surface area contributed by atoms with Crippen molar-refractivity contribution in [3.05, 3.63) is 54.0 Å². The summed E-state index contributed by atoms with van der Waals surface area (Å²) in [7, 11) is 1.57. The topological polar surface area (TPSA) is 87.7 Å². The van der Waals surface area contributed by atoms with Crippen molar-refractivity contribution in [2.45, 2.75) is 0 Å². The highest BCUT2D eigenvalue weighted by Crippen LogP contribution is 2.14. The first-order valence-electron chi connectivity index (χ1n) is 8.87. The number of aromatic nitrogens is 2. The number of hydrogen-bond donors (Lipinski definition) is 1.